The lowest BCUT2D eigenvalue weighted by Crippen LogP contribution is -2.53. The number of anilines is 1. The van der Waals surface area contributed by atoms with E-state index in [4.69, 9.17) is 9.73 Å². The summed E-state index contributed by atoms with van der Waals surface area (Å²) in [5.41, 5.74) is 0. The fourth-order valence-corrected chi connectivity index (χ4v) is 3.80. The van der Waals surface area contributed by atoms with Crippen LogP contribution in [0.3, 0.4) is 0 Å². The number of halogens is 1. The second-order valence-electron chi connectivity index (χ2n) is 7.04. The fraction of sp³-hybridized carbons (Fsp3) is 0.737. The summed E-state index contributed by atoms with van der Waals surface area (Å²) in [6, 6.07) is 2.39. The van der Waals surface area contributed by atoms with Crippen LogP contribution in [0.5, 0.6) is 0 Å². The highest BCUT2D eigenvalue weighted by atomic mass is 127. The van der Waals surface area contributed by atoms with Gasteiger partial charge >= 0.3 is 0 Å². The summed E-state index contributed by atoms with van der Waals surface area (Å²) >= 11 is 0. The maximum atomic E-state index is 5.25. The van der Waals surface area contributed by atoms with E-state index >= 15 is 0 Å². The molecule has 1 aromatic rings. The van der Waals surface area contributed by atoms with Gasteiger partial charge in [0.2, 0.25) is 5.95 Å². The minimum absolute atomic E-state index is 0. The Morgan fingerprint density at radius 3 is 2.64 bits per heavy atom. The minimum atomic E-state index is 0. The first-order valence-corrected chi connectivity index (χ1v) is 10.1. The molecule has 158 valence electrons. The van der Waals surface area contributed by atoms with Crippen molar-refractivity contribution < 1.29 is 4.74 Å². The molecule has 3 rings (SSSR count). The van der Waals surface area contributed by atoms with Gasteiger partial charge in [-0.3, -0.25) is 9.89 Å². The average Bonchev–Trinajstić information content (AvgIpc) is 3.17. The maximum absolute atomic E-state index is 5.25. The first-order chi connectivity index (χ1) is 13.3. The van der Waals surface area contributed by atoms with Gasteiger partial charge in [-0.25, -0.2) is 9.97 Å². The van der Waals surface area contributed by atoms with Gasteiger partial charge in [-0.15, -0.1) is 24.0 Å². The van der Waals surface area contributed by atoms with Gasteiger partial charge in [0, 0.05) is 64.8 Å². The van der Waals surface area contributed by atoms with Gasteiger partial charge in [0.05, 0.1) is 13.2 Å². The van der Waals surface area contributed by atoms with Crippen LogP contribution < -0.4 is 10.2 Å². The molecule has 0 amide bonds. The molecule has 1 unspecified atom stereocenters. The van der Waals surface area contributed by atoms with Crippen molar-refractivity contribution in [2.45, 2.75) is 25.8 Å². The summed E-state index contributed by atoms with van der Waals surface area (Å²) in [7, 11) is 1.77. The van der Waals surface area contributed by atoms with E-state index in [-0.39, 0.29) is 24.0 Å². The molecule has 0 bridgehead atoms. The fourth-order valence-electron chi connectivity index (χ4n) is 3.80. The van der Waals surface area contributed by atoms with Gasteiger partial charge in [-0.1, -0.05) is 0 Å². The standard InChI is InChI=1S/C19H33N7O.HI/c1-3-20-18(23-16-17-6-4-9-24(17)14-15-27-2)25-10-12-26(13-11-25)19-21-7-5-8-22-19;/h5,7-8,17H,3-4,6,9-16H2,1-2H3,(H,20,23);1H. The predicted molar refractivity (Wildman–Crippen MR) is 124 cm³/mol. The smallest absolute Gasteiger partial charge is 0.225 e. The molecule has 1 aromatic heterocycles. The van der Waals surface area contributed by atoms with Crippen LogP contribution in [0.25, 0.3) is 0 Å². The minimum Gasteiger partial charge on any atom is -0.383 e. The number of nitrogens with one attached hydrogen (secondary N) is 1. The van der Waals surface area contributed by atoms with Crippen molar-refractivity contribution >= 4 is 35.9 Å². The van der Waals surface area contributed by atoms with E-state index in [1.807, 2.05) is 6.07 Å². The molecule has 0 saturated carbocycles. The van der Waals surface area contributed by atoms with E-state index in [2.05, 4.69) is 36.9 Å². The quantitative estimate of drug-likeness (QED) is 0.342. The molecule has 0 aliphatic carbocycles. The molecule has 0 radical (unpaired) electrons. The summed E-state index contributed by atoms with van der Waals surface area (Å²) in [5, 5.41) is 3.47. The molecule has 3 heterocycles. The molecule has 2 saturated heterocycles. The second-order valence-corrected chi connectivity index (χ2v) is 7.04. The SMILES string of the molecule is CCNC(=NCC1CCCN1CCOC)N1CCN(c2ncccn2)CC1.I. The molecule has 2 fully saturated rings. The van der Waals surface area contributed by atoms with Crippen LogP contribution in [0.4, 0.5) is 5.95 Å². The van der Waals surface area contributed by atoms with Crippen molar-refractivity contribution in [1.82, 2.24) is 25.1 Å². The lowest BCUT2D eigenvalue weighted by Gasteiger charge is -2.36. The Hall–Kier alpha value is -1.20. The zero-order chi connectivity index (χ0) is 18.9. The summed E-state index contributed by atoms with van der Waals surface area (Å²) in [5.74, 6) is 1.85. The molecule has 1 N–H and O–H groups in total. The predicted octanol–water partition coefficient (Wildman–Crippen LogP) is 1.29. The van der Waals surface area contributed by atoms with Gasteiger partial charge in [0.25, 0.3) is 0 Å². The number of methoxy groups -OCH3 is 1. The summed E-state index contributed by atoms with van der Waals surface area (Å²) < 4.78 is 5.25. The van der Waals surface area contributed by atoms with E-state index in [0.717, 1.165) is 70.9 Å². The highest BCUT2D eigenvalue weighted by Crippen LogP contribution is 2.17. The van der Waals surface area contributed by atoms with Crippen LogP contribution in [-0.4, -0.2) is 97.8 Å². The Bertz CT molecular complexity index is 581. The lowest BCUT2D eigenvalue weighted by molar-refractivity contribution is 0.142. The van der Waals surface area contributed by atoms with Gasteiger partial charge in [-0.2, -0.15) is 0 Å². The Kier molecular flexibility index (Phi) is 10.2. The van der Waals surface area contributed by atoms with Crippen molar-refractivity contribution in [1.29, 1.82) is 0 Å². The van der Waals surface area contributed by atoms with Crippen LogP contribution in [0, 0.1) is 0 Å². The first-order valence-electron chi connectivity index (χ1n) is 10.1. The lowest BCUT2D eigenvalue weighted by atomic mass is 10.2. The van der Waals surface area contributed by atoms with Gasteiger partial charge in [0.15, 0.2) is 5.96 Å². The Labute approximate surface area is 185 Å². The maximum Gasteiger partial charge on any atom is 0.225 e. The first kappa shape index (κ1) is 23.1. The number of hydrogen-bond donors (Lipinski definition) is 1. The molecular formula is C19H34IN7O. The zero-order valence-electron chi connectivity index (χ0n) is 17.1. The van der Waals surface area contributed by atoms with E-state index < -0.39 is 0 Å². The number of hydrogen-bond acceptors (Lipinski definition) is 6. The largest absolute Gasteiger partial charge is 0.383 e. The number of guanidine groups is 1. The number of likely N-dealkylation sites (tertiary alicyclic amines) is 1. The number of aromatic nitrogens is 2. The van der Waals surface area contributed by atoms with Crippen LogP contribution in [0.1, 0.15) is 19.8 Å². The Morgan fingerprint density at radius 1 is 1.21 bits per heavy atom. The highest BCUT2D eigenvalue weighted by Gasteiger charge is 2.25. The van der Waals surface area contributed by atoms with E-state index in [9.17, 15) is 0 Å². The highest BCUT2D eigenvalue weighted by molar-refractivity contribution is 14.0. The van der Waals surface area contributed by atoms with Gasteiger partial charge in [0.1, 0.15) is 0 Å². The van der Waals surface area contributed by atoms with Gasteiger partial charge < -0.3 is 19.9 Å². The van der Waals surface area contributed by atoms with Crippen LogP contribution in [0.15, 0.2) is 23.5 Å². The summed E-state index contributed by atoms with van der Waals surface area (Å²) in [4.78, 5) is 20.8. The van der Waals surface area contributed by atoms with Crippen LogP contribution in [-0.2, 0) is 4.74 Å². The third-order valence-corrected chi connectivity index (χ3v) is 5.28. The number of nitrogens with zero attached hydrogens (tertiary/aromatic N) is 6. The van der Waals surface area contributed by atoms with Crippen molar-refractivity contribution in [2.24, 2.45) is 4.99 Å². The van der Waals surface area contributed by atoms with Crippen molar-refractivity contribution in [3.05, 3.63) is 18.5 Å². The Morgan fingerprint density at radius 2 is 1.96 bits per heavy atom. The number of piperazine rings is 1. The number of rotatable bonds is 7. The molecule has 8 nitrogen and oxygen atoms in total. The normalized spacial score (nSPS) is 20.9. The molecule has 2 aliphatic rings. The molecule has 28 heavy (non-hydrogen) atoms. The molecule has 1 atom stereocenters. The average molecular weight is 503 g/mol. The summed E-state index contributed by atoms with van der Waals surface area (Å²) in [6.45, 7) is 10.5. The number of ether oxygens (including phenoxy) is 1. The second kappa shape index (κ2) is 12.4. The zero-order valence-corrected chi connectivity index (χ0v) is 19.4. The van der Waals surface area contributed by atoms with Crippen molar-refractivity contribution in [3.63, 3.8) is 0 Å². The topological polar surface area (TPSA) is 69.1 Å². The van der Waals surface area contributed by atoms with Crippen LogP contribution in [0.2, 0.25) is 0 Å². The molecule has 9 heteroatoms. The molecule has 2 aliphatic heterocycles. The monoisotopic (exact) mass is 503 g/mol. The van der Waals surface area contributed by atoms with E-state index in [1.165, 1.54) is 12.8 Å². The molecular weight excluding hydrogens is 469 g/mol. The third kappa shape index (κ3) is 6.41. The summed E-state index contributed by atoms with van der Waals surface area (Å²) in [6.07, 6.45) is 6.09. The van der Waals surface area contributed by atoms with E-state index in [0.29, 0.717) is 6.04 Å². The number of aliphatic imine (C=N–C) groups is 1. The van der Waals surface area contributed by atoms with Crippen molar-refractivity contribution in [3.8, 4) is 0 Å². The Balaban J connectivity index is 0.00000280. The molecule has 0 aromatic carbocycles. The molecule has 0 spiro atoms. The van der Waals surface area contributed by atoms with Crippen LogP contribution >= 0.6 is 24.0 Å². The third-order valence-electron chi connectivity index (χ3n) is 5.28. The van der Waals surface area contributed by atoms with Gasteiger partial charge in [-0.05, 0) is 32.4 Å². The van der Waals surface area contributed by atoms with Crippen molar-refractivity contribution in [2.75, 3.05) is 71.0 Å². The van der Waals surface area contributed by atoms with E-state index in [1.54, 1.807) is 19.5 Å².